The molecule has 1 aromatic rings. The van der Waals surface area contributed by atoms with E-state index in [2.05, 4.69) is 0 Å². The van der Waals surface area contributed by atoms with E-state index in [-0.39, 0.29) is 0 Å². The summed E-state index contributed by atoms with van der Waals surface area (Å²) in [5.41, 5.74) is 10.5. The Morgan fingerprint density at radius 2 is 2.42 bits per heavy atom. The Morgan fingerprint density at radius 1 is 1.67 bits per heavy atom. The van der Waals surface area contributed by atoms with Gasteiger partial charge in [-0.25, -0.2) is 0 Å². The number of nitrogens with two attached hydrogens (primary N) is 2. The van der Waals surface area contributed by atoms with Crippen LogP contribution >= 0.6 is 11.3 Å². The van der Waals surface area contributed by atoms with Crippen molar-refractivity contribution in [1.82, 2.24) is 0 Å². The summed E-state index contributed by atoms with van der Waals surface area (Å²) in [6.07, 6.45) is 1.47. The number of amides is 1. The molecule has 4 N–H and O–H groups in total. The summed E-state index contributed by atoms with van der Waals surface area (Å²) in [7, 11) is 0. The Morgan fingerprint density at radius 3 is 2.92 bits per heavy atom. The molecule has 1 heterocycles. The standard InChI is InChI=1S/C8H12N2OS/c9-7(8(10)11)4-3-6-2-1-5-12-6/h1-2,5,7H,3-4,9H2,(H2,10,11). The highest BCUT2D eigenvalue weighted by molar-refractivity contribution is 7.09. The molecule has 0 aliphatic heterocycles. The van der Waals surface area contributed by atoms with E-state index in [1.54, 1.807) is 11.3 Å². The van der Waals surface area contributed by atoms with Gasteiger partial charge < -0.3 is 11.5 Å². The van der Waals surface area contributed by atoms with Gasteiger partial charge in [0.1, 0.15) is 0 Å². The average molecular weight is 184 g/mol. The smallest absolute Gasteiger partial charge is 0.234 e. The Labute approximate surface area is 75.4 Å². The maximum Gasteiger partial charge on any atom is 0.234 e. The van der Waals surface area contributed by atoms with Crippen LogP contribution in [0.3, 0.4) is 0 Å². The maximum absolute atomic E-state index is 10.6. The van der Waals surface area contributed by atoms with Crippen LogP contribution in [0.1, 0.15) is 11.3 Å². The lowest BCUT2D eigenvalue weighted by molar-refractivity contribution is -0.119. The summed E-state index contributed by atoms with van der Waals surface area (Å²) >= 11 is 1.67. The third-order valence-corrected chi connectivity index (χ3v) is 2.58. The zero-order valence-corrected chi connectivity index (χ0v) is 7.51. The van der Waals surface area contributed by atoms with Crippen LogP contribution in [-0.2, 0) is 11.2 Å². The number of carbonyl (C=O) groups is 1. The molecule has 0 saturated carbocycles. The number of rotatable bonds is 4. The Hall–Kier alpha value is -0.870. The molecule has 1 unspecified atom stereocenters. The van der Waals surface area contributed by atoms with Gasteiger partial charge in [0.15, 0.2) is 0 Å². The topological polar surface area (TPSA) is 69.1 Å². The van der Waals surface area contributed by atoms with Gasteiger partial charge in [-0.1, -0.05) is 6.07 Å². The molecule has 0 bridgehead atoms. The maximum atomic E-state index is 10.6. The van der Waals surface area contributed by atoms with E-state index in [1.807, 2.05) is 17.5 Å². The highest BCUT2D eigenvalue weighted by Crippen LogP contribution is 2.11. The van der Waals surface area contributed by atoms with Crippen molar-refractivity contribution in [1.29, 1.82) is 0 Å². The summed E-state index contributed by atoms with van der Waals surface area (Å²) in [4.78, 5) is 11.8. The molecule has 0 aliphatic rings. The van der Waals surface area contributed by atoms with Gasteiger partial charge >= 0.3 is 0 Å². The van der Waals surface area contributed by atoms with Crippen LogP contribution in [0.15, 0.2) is 17.5 Å². The van der Waals surface area contributed by atoms with Crippen LogP contribution < -0.4 is 11.5 Å². The van der Waals surface area contributed by atoms with Crippen molar-refractivity contribution in [2.45, 2.75) is 18.9 Å². The molecule has 4 heteroatoms. The van der Waals surface area contributed by atoms with Crippen molar-refractivity contribution in [3.63, 3.8) is 0 Å². The molecular weight excluding hydrogens is 172 g/mol. The Kier molecular flexibility index (Phi) is 3.25. The zero-order chi connectivity index (χ0) is 8.97. The minimum atomic E-state index is -0.507. The van der Waals surface area contributed by atoms with Gasteiger partial charge in [0, 0.05) is 4.88 Å². The summed E-state index contributed by atoms with van der Waals surface area (Å²) < 4.78 is 0. The van der Waals surface area contributed by atoms with Crippen molar-refractivity contribution >= 4 is 17.2 Å². The molecule has 0 spiro atoms. The Balaban J connectivity index is 2.31. The number of carbonyl (C=O) groups excluding carboxylic acids is 1. The van der Waals surface area contributed by atoms with E-state index in [0.717, 1.165) is 6.42 Å². The SMILES string of the molecule is NC(=O)C(N)CCc1cccs1. The van der Waals surface area contributed by atoms with Gasteiger partial charge in [-0.2, -0.15) is 0 Å². The van der Waals surface area contributed by atoms with E-state index in [9.17, 15) is 4.79 Å². The van der Waals surface area contributed by atoms with E-state index in [4.69, 9.17) is 11.5 Å². The molecular formula is C8H12N2OS. The molecule has 12 heavy (non-hydrogen) atoms. The van der Waals surface area contributed by atoms with Crippen LogP contribution in [0.5, 0.6) is 0 Å². The molecule has 66 valence electrons. The Bertz CT molecular complexity index is 246. The zero-order valence-electron chi connectivity index (χ0n) is 6.69. The minimum absolute atomic E-state index is 0.424. The first-order valence-corrected chi connectivity index (χ1v) is 4.65. The van der Waals surface area contributed by atoms with E-state index >= 15 is 0 Å². The predicted molar refractivity (Wildman–Crippen MR) is 49.8 cm³/mol. The number of hydrogen-bond donors (Lipinski definition) is 2. The highest BCUT2D eigenvalue weighted by Gasteiger charge is 2.08. The van der Waals surface area contributed by atoms with Crippen LogP contribution in [0.4, 0.5) is 0 Å². The van der Waals surface area contributed by atoms with E-state index in [0.29, 0.717) is 6.42 Å². The average Bonchev–Trinajstić information content (AvgIpc) is 2.51. The lowest BCUT2D eigenvalue weighted by Crippen LogP contribution is -2.36. The van der Waals surface area contributed by atoms with Crippen molar-refractivity contribution < 1.29 is 4.79 Å². The van der Waals surface area contributed by atoms with Gasteiger partial charge in [-0.05, 0) is 24.3 Å². The molecule has 0 aliphatic carbocycles. The second-order valence-electron chi connectivity index (χ2n) is 2.63. The second kappa shape index (κ2) is 4.23. The first-order chi connectivity index (χ1) is 5.70. The third-order valence-electron chi connectivity index (χ3n) is 1.65. The molecule has 1 amide bonds. The molecule has 3 nitrogen and oxygen atoms in total. The lowest BCUT2D eigenvalue weighted by atomic mass is 10.1. The lowest BCUT2D eigenvalue weighted by Gasteiger charge is -2.04. The minimum Gasteiger partial charge on any atom is -0.368 e. The van der Waals surface area contributed by atoms with Crippen molar-refractivity contribution in [3.05, 3.63) is 22.4 Å². The van der Waals surface area contributed by atoms with Gasteiger partial charge in [0.05, 0.1) is 6.04 Å². The molecule has 0 radical (unpaired) electrons. The monoisotopic (exact) mass is 184 g/mol. The normalized spacial score (nSPS) is 12.8. The van der Waals surface area contributed by atoms with Crippen molar-refractivity contribution in [2.75, 3.05) is 0 Å². The molecule has 1 rings (SSSR count). The predicted octanol–water partition coefficient (Wildman–Crippen LogP) is 0.493. The fourth-order valence-corrected chi connectivity index (χ4v) is 1.62. The first kappa shape index (κ1) is 9.22. The van der Waals surface area contributed by atoms with Crippen LogP contribution in [-0.4, -0.2) is 11.9 Å². The molecule has 0 aromatic carbocycles. The van der Waals surface area contributed by atoms with Gasteiger partial charge in [-0.3, -0.25) is 4.79 Å². The van der Waals surface area contributed by atoms with E-state index < -0.39 is 11.9 Å². The summed E-state index contributed by atoms with van der Waals surface area (Å²) in [6, 6.07) is 3.50. The van der Waals surface area contributed by atoms with E-state index in [1.165, 1.54) is 4.88 Å². The van der Waals surface area contributed by atoms with Crippen molar-refractivity contribution in [3.8, 4) is 0 Å². The summed E-state index contributed by atoms with van der Waals surface area (Å²) in [5.74, 6) is -0.424. The fourth-order valence-electron chi connectivity index (χ4n) is 0.895. The number of hydrogen-bond acceptors (Lipinski definition) is 3. The van der Waals surface area contributed by atoms with Crippen LogP contribution in [0.2, 0.25) is 0 Å². The largest absolute Gasteiger partial charge is 0.368 e. The fraction of sp³-hybridized carbons (Fsp3) is 0.375. The third kappa shape index (κ3) is 2.64. The van der Waals surface area contributed by atoms with Gasteiger partial charge in [-0.15, -0.1) is 11.3 Å². The van der Waals surface area contributed by atoms with Gasteiger partial charge in [0.2, 0.25) is 5.91 Å². The first-order valence-electron chi connectivity index (χ1n) is 3.77. The van der Waals surface area contributed by atoms with Crippen molar-refractivity contribution in [2.24, 2.45) is 11.5 Å². The van der Waals surface area contributed by atoms with Crippen LogP contribution in [0.25, 0.3) is 0 Å². The molecule has 0 fully saturated rings. The summed E-state index contributed by atoms with van der Waals surface area (Å²) in [5, 5.41) is 2.01. The number of thiophene rings is 1. The van der Waals surface area contributed by atoms with Gasteiger partial charge in [0.25, 0.3) is 0 Å². The van der Waals surface area contributed by atoms with Crippen LogP contribution in [0, 0.1) is 0 Å². The number of primary amides is 1. The summed E-state index contributed by atoms with van der Waals surface area (Å²) in [6.45, 7) is 0. The number of aryl methyl sites for hydroxylation is 1. The molecule has 1 atom stereocenters. The molecule has 1 aromatic heterocycles. The highest BCUT2D eigenvalue weighted by atomic mass is 32.1. The second-order valence-corrected chi connectivity index (χ2v) is 3.66. The molecule has 0 saturated heterocycles. The quantitative estimate of drug-likeness (QED) is 0.715.